The number of nitrogens with one attached hydrogen (secondary N) is 1. The largest absolute Gasteiger partial charge is 0.497 e. The van der Waals surface area contributed by atoms with Crippen LogP contribution in [0.15, 0.2) is 64.3 Å². The zero-order valence-corrected chi connectivity index (χ0v) is 15.6. The van der Waals surface area contributed by atoms with Gasteiger partial charge in [-0.1, -0.05) is 23.9 Å². The summed E-state index contributed by atoms with van der Waals surface area (Å²) in [5, 5.41) is 4.12. The van der Waals surface area contributed by atoms with Gasteiger partial charge in [0.2, 0.25) is 5.91 Å². The Morgan fingerprint density at radius 2 is 1.93 bits per heavy atom. The third-order valence-corrected chi connectivity index (χ3v) is 5.22. The standard InChI is InChI=1S/C20H17N3O3S/c1-12(19(24)23-13-7-9-14(25-2)10-8-13)27-20-18-17(21-11-22-20)15-5-3-4-6-16(15)26-18/h3-12H,1-2H3,(H,23,24)/t12-/m1/s1. The molecule has 0 aliphatic heterocycles. The lowest BCUT2D eigenvalue weighted by Gasteiger charge is -2.12. The number of hydrogen-bond acceptors (Lipinski definition) is 6. The molecule has 1 N–H and O–H groups in total. The fraction of sp³-hybridized carbons (Fsp3) is 0.150. The fourth-order valence-corrected chi connectivity index (χ4v) is 3.58. The zero-order valence-electron chi connectivity index (χ0n) is 14.8. The average molecular weight is 379 g/mol. The predicted molar refractivity (Wildman–Crippen MR) is 106 cm³/mol. The van der Waals surface area contributed by atoms with Crippen LogP contribution in [0.3, 0.4) is 0 Å². The molecule has 136 valence electrons. The summed E-state index contributed by atoms with van der Waals surface area (Å²) < 4.78 is 11.0. The molecule has 0 aliphatic rings. The first-order valence-electron chi connectivity index (χ1n) is 8.39. The van der Waals surface area contributed by atoms with Crippen molar-refractivity contribution in [3.05, 3.63) is 54.9 Å². The Morgan fingerprint density at radius 3 is 2.70 bits per heavy atom. The molecule has 0 bridgehead atoms. The van der Waals surface area contributed by atoms with Crippen molar-refractivity contribution in [3.8, 4) is 5.75 Å². The monoisotopic (exact) mass is 379 g/mol. The average Bonchev–Trinajstić information content (AvgIpc) is 3.08. The highest BCUT2D eigenvalue weighted by molar-refractivity contribution is 8.00. The SMILES string of the molecule is COc1ccc(NC(=O)[C@@H](C)Sc2ncnc3c2oc2ccccc23)cc1. The summed E-state index contributed by atoms with van der Waals surface area (Å²) in [6.07, 6.45) is 1.50. The highest BCUT2D eigenvalue weighted by atomic mass is 32.2. The van der Waals surface area contributed by atoms with Crippen molar-refractivity contribution >= 4 is 45.4 Å². The topological polar surface area (TPSA) is 77.2 Å². The van der Waals surface area contributed by atoms with Gasteiger partial charge in [-0.25, -0.2) is 9.97 Å². The van der Waals surface area contributed by atoms with E-state index in [2.05, 4.69) is 15.3 Å². The van der Waals surface area contributed by atoms with Gasteiger partial charge in [0.1, 0.15) is 28.2 Å². The van der Waals surface area contributed by atoms with E-state index < -0.39 is 0 Å². The molecule has 1 amide bonds. The first kappa shape index (κ1) is 17.4. The van der Waals surface area contributed by atoms with E-state index in [-0.39, 0.29) is 11.2 Å². The van der Waals surface area contributed by atoms with Crippen LogP contribution in [-0.4, -0.2) is 28.2 Å². The molecule has 2 heterocycles. The minimum Gasteiger partial charge on any atom is -0.497 e. The number of aromatic nitrogens is 2. The van der Waals surface area contributed by atoms with Crippen molar-refractivity contribution in [1.29, 1.82) is 0 Å². The van der Waals surface area contributed by atoms with E-state index in [0.29, 0.717) is 16.3 Å². The molecule has 0 unspecified atom stereocenters. The molecule has 4 rings (SSSR count). The van der Waals surface area contributed by atoms with Crippen molar-refractivity contribution in [2.24, 2.45) is 0 Å². The Labute approximate surface area is 159 Å². The third kappa shape index (κ3) is 3.46. The third-order valence-electron chi connectivity index (χ3n) is 4.14. The number of ether oxygens (including phenoxy) is 1. The number of amides is 1. The van der Waals surface area contributed by atoms with Crippen molar-refractivity contribution < 1.29 is 13.9 Å². The summed E-state index contributed by atoms with van der Waals surface area (Å²) in [6, 6.07) is 14.9. The maximum absolute atomic E-state index is 12.5. The molecule has 27 heavy (non-hydrogen) atoms. The van der Waals surface area contributed by atoms with E-state index in [1.807, 2.05) is 31.2 Å². The number of para-hydroxylation sites is 1. The van der Waals surface area contributed by atoms with E-state index in [9.17, 15) is 4.79 Å². The van der Waals surface area contributed by atoms with E-state index in [1.54, 1.807) is 31.4 Å². The van der Waals surface area contributed by atoms with Crippen molar-refractivity contribution in [2.45, 2.75) is 17.2 Å². The Balaban J connectivity index is 1.55. The summed E-state index contributed by atoms with van der Waals surface area (Å²) in [5.74, 6) is 0.622. The number of nitrogens with zero attached hydrogens (tertiary/aromatic N) is 2. The molecule has 1 atom stereocenters. The molecule has 0 saturated heterocycles. The van der Waals surface area contributed by atoms with Gasteiger partial charge < -0.3 is 14.5 Å². The zero-order chi connectivity index (χ0) is 18.8. The van der Waals surface area contributed by atoms with Gasteiger partial charge in [-0.2, -0.15) is 0 Å². The number of thioether (sulfide) groups is 1. The van der Waals surface area contributed by atoms with Crippen LogP contribution in [0, 0.1) is 0 Å². The van der Waals surface area contributed by atoms with Crippen LogP contribution in [-0.2, 0) is 4.79 Å². The Hall–Kier alpha value is -3.06. The molecule has 0 radical (unpaired) electrons. The van der Waals surface area contributed by atoms with E-state index >= 15 is 0 Å². The van der Waals surface area contributed by atoms with Crippen LogP contribution >= 0.6 is 11.8 Å². The molecule has 7 heteroatoms. The van der Waals surface area contributed by atoms with E-state index in [0.717, 1.165) is 22.2 Å². The predicted octanol–water partition coefficient (Wildman–Crippen LogP) is 4.50. The number of carbonyl (C=O) groups excluding carboxylic acids is 1. The van der Waals surface area contributed by atoms with Gasteiger partial charge in [0.25, 0.3) is 0 Å². The number of rotatable bonds is 5. The van der Waals surface area contributed by atoms with Crippen molar-refractivity contribution in [2.75, 3.05) is 12.4 Å². The first-order chi connectivity index (χ1) is 13.2. The van der Waals surface area contributed by atoms with Crippen molar-refractivity contribution in [1.82, 2.24) is 9.97 Å². The summed E-state index contributed by atoms with van der Waals surface area (Å²) in [6.45, 7) is 1.83. The number of benzene rings is 2. The van der Waals surface area contributed by atoms with Crippen LogP contribution in [0.5, 0.6) is 5.75 Å². The van der Waals surface area contributed by atoms with Gasteiger partial charge in [0.05, 0.1) is 12.4 Å². The molecule has 0 fully saturated rings. The maximum Gasteiger partial charge on any atom is 0.237 e. The molecular formula is C20H17N3O3S. The number of carbonyl (C=O) groups is 1. The van der Waals surface area contributed by atoms with E-state index in [4.69, 9.17) is 9.15 Å². The Morgan fingerprint density at radius 1 is 1.15 bits per heavy atom. The van der Waals surface area contributed by atoms with Gasteiger partial charge >= 0.3 is 0 Å². The summed E-state index contributed by atoms with van der Waals surface area (Å²) in [7, 11) is 1.60. The van der Waals surface area contributed by atoms with Crippen LogP contribution < -0.4 is 10.1 Å². The number of fused-ring (bicyclic) bond motifs is 3. The lowest BCUT2D eigenvalue weighted by Crippen LogP contribution is -2.22. The molecule has 0 saturated carbocycles. The fourth-order valence-electron chi connectivity index (χ4n) is 2.73. The molecule has 2 aromatic heterocycles. The molecule has 6 nitrogen and oxygen atoms in total. The first-order valence-corrected chi connectivity index (χ1v) is 9.27. The normalized spacial score (nSPS) is 12.2. The maximum atomic E-state index is 12.5. The van der Waals surface area contributed by atoms with E-state index in [1.165, 1.54) is 18.1 Å². The molecular weight excluding hydrogens is 362 g/mol. The smallest absolute Gasteiger partial charge is 0.237 e. The Bertz CT molecular complexity index is 1110. The quantitative estimate of drug-likeness (QED) is 0.406. The summed E-state index contributed by atoms with van der Waals surface area (Å²) in [5.41, 5.74) is 2.83. The van der Waals surface area contributed by atoms with Crippen molar-refractivity contribution in [3.63, 3.8) is 0 Å². The molecule has 0 aliphatic carbocycles. The van der Waals surface area contributed by atoms with Gasteiger partial charge in [-0.05, 0) is 43.3 Å². The molecule has 0 spiro atoms. The lowest BCUT2D eigenvalue weighted by molar-refractivity contribution is -0.115. The highest BCUT2D eigenvalue weighted by Gasteiger charge is 2.20. The molecule has 2 aromatic carbocycles. The molecule has 4 aromatic rings. The summed E-state index contributed by atoms with van der Waals surface area (Å²) >= 11 is 1.34. The second-order valence-corrected chi connectivity index (χ2v) is 7.26. The van der Waals surface area contributed by atoms with Crippen LogP contribution in [0.25, 0.3) is 22.1 Å². The number of methoxy groups -OCH3 is 1. The number of furan rings is 1. The van der Waals surface area contributed by atoms with Gasteiger partial charge in [0, 0.05) is 11.1 Å². The minimum absolute atomic E-state index is 0.118. The van der Waals surface area contributed by atoms with Gasteiger partial charge in [-0.3, -0.25) is 4.79 Å². The minimum atomic E-state index is -0.363. The van der Waals surface area contributed by atoms with Gasteiger partial charge in [0.15, 0.2) is 5.58 Å². The second kappa shape index (κ2) is 7.28. The Kier molecular flexibility index (Phi) is 4.68. The summed E-state index contributed by atoms with van der Waals surface area (Å²) in [4.78, 5) is 21.2. The van der Waals surface area contributed by atoms with Crippen LogP contribution in [0.4, 0.5) is 5.69 Å². The van der Waals surface area contributed by atoms with Crippen LogP contribution in [0.1, 0.15) is 6.92 Å². The highest BCUT2D eigenvalue weighted by Crippen LogP contribution is 2.34. The van der Waals surface area contributed by atoms with Crippen LogP contribution in [0.2, 0.25) is 0 Å². The number of hydrogen-bond donors (Lipinski definition) is 1. The number of anilines is 1. The lowest BCUT2D eigenvalue weighted by atomic mass is 10.2. The van der Waals surface area contributed by atoms with Gasteiger partial charge in [-0.15, -0.1) is 0 Å². The second-order valence-electron chi connectivity index (χ2n) is 5.93.